The van der Waals surface area contributed by atoms with Crippen molar-refractivity contribution < 1.29 is 23.8 Å². The van der Waals surface area contributed by atoms with Gasteiger partial charge in [0.05, 0.1) is 24.8 Å². The molecule has 1 aromatic carbocycles. The summed E-state index contributed by atoms with van der Waals surface area (Å²) >= 11 is 6.11. The quantitative estimate of drug-likeness (QED) is 0.760. The molecule has 0 radical (unpaired) electrons. The lowest BCUT2D eigenvalue weighted by Crippen LogP contribution is -2.45. The topological polar surface area (TPSA) is 73.9 Å². The molecule has 1 N–H and O–H groups in total. The molecule has 0 saturated heterocycles. The van der Waals surface area contributed by atoms with Crippen molar-refractivity contribution in [2.45, 2.75) is 51.7 Å². The van der Waals surface area contributed by atoms with Crippen LogP contribution in [-0.4, -0.2) is 38.2 Å². The molecule has 0 heterocycles. The molecule has 1 saturated carbocycles. The van der Waals surface area contributed by atoms with E-state index in [1.807, 2.05) is 0 Å². The van der Waals surface area contributed by atoms with Gasteiger partial charge in [-0.1, -0.05) is 31.4 Å². The predicted octanol–water partition coefficient (Wildman–Crippen LogP) is 3.60. The molecule has 1 aliphatic rings. The van der Waals surface area contributed by atoms with Crippen molar-refractivity contribution in [2.24, 2.45) is 5.92 Å². The fourth-order valence-corrected chi connectivity index (χ4v) is 3.44. The second-order valence-electron chi connectivity index (χ2n) is 6.62. The van der Waals surface area contributed by atoms with Gasteiger partial charge in [0.25, 0.3) is 5.91 Å². The number of carbonyl (C=O) groups excluding carboxylic acids is 2. The van der Waals surface area contributed by atoms with Gasteiger partial charge in [-0.2, -0.15) is 0 Å². The van der Waals surface area contributed by atoms with Crippen LogP contribution in [0, 0.1) is 5.92 Å². The van der Waals surface area contributed by atoms with Gasteiger partial charge in [0.15, 0.2) is 17.6 Å². The number of carbonyl (C=O) groups is 2. The number of nitrogens with one attached hydrogen (secondary N) is 1. The molecule has 26 heavy (non-hydrogen) atoms. The van der Waals surface area contributed by atoms with Crippen molar-refractivity contribution in [3.63, 3.8) is 0 Å². The molecule has 0 spiro atoms. The Morgan fingerprint density at radius 3 is 2.50 bits per heavy atom. The normalized spacial score (nSPS) is 20.8. The maximum atomic E-state index is 12.4. The van der Waals surface area contributed by atoms with Crippen LogP contribution in [0.5, 0.6) is 11.5 Å². The number of benzene rings is 1. The Labute approximate surface area is 159 Å². The van der Waals surface area contributed by atoms with Gasteiger partial charge < -0.3 is 19.5 Å². The molecule has 1 amide bonds. The fourth-order valence-electron chi connectivity index (χ4n) is 3.15. The van der Waals surface area contributed by atoms with E-state index < -0.39 is 12.1 Å². The maximum Gasteiger partial charge on any atom is 0.339 e. The molecule has 0 aromatic heterocycles. The zero-order valence-corrected chi connectivity index (χ0v) is 16.4. The molecule has 2 rings (SSSR count). The van der Waals surface area contributed by atoms with Gasteiger partial charge in [-0.3, -0.25) is 4.79 Å². The van der Waals surface area contributed by atoms with Gasteiger partial charge in [0, 0.05) is 6.04 Å². The Morgan fingerprint density at radius 1 is 1.19 bits per heavy atom. The summed E-state index contributed by atoms with van der Waals surface area (Å²) in [5, 5.41) is 3.22. The van der Waals surface area contributed by atoms with Gasteiger partial charge in [-0.05, 0) is 37.8 Å². The minimum Gasteiger partial charge on any atom is -0.493 e. The summed E-state index contributed by atoms with van der Waals surface area (Å²) < 4.78 is 15.6. The highest BCUT2D eigenvalue weighted by Gasteiger charge is 2.27. The minimum absolute atomic E-state index is 0.132. The lowest BCUT2D eigenvalue weighted by molar-refractivity contribution is -0.130. The second-order valence-corrected chi connectivity index (χ2v) is 7.03. The Morgan fingerprint density at radius 2 is 1.88 bits per heavy atom. The highest BCUT2D eigenvalue weighted by atomic mass is 35.5. The maximum absolute atomic E-state index is 12.4. The molecule has 144 valence electrons. The van der Waals surface area contributed by atoms with E-state index in [2.05, 4.69) is 12.2 Å². The van der Waals surface area contributed by atoms with E-state index >= 15 is 0 Å². The third-order valence-corrected chi connectivity index (χ3v) is 5.04. The first-order chi connectivity index (χ1) is 12.4. The lowest BCUT2D eigenvalue weighted by atomic mass is 9.86. The average molecular weight is 384 g/mol. The Balaban J connectivity index is 2.02. The van der Waals surface area contributed by atoms with Crippen LogP contribution in [0.4, 0.5) is 0 Å². The number of ether oxygens (including phenoxy) is 3. The molecule has 0 bridgehead atoms. The Kier molecular flexibility index (Phi) is 7.14. The van der Waals surface area contributed by atoms with Crippen molar-refractivity contribution in [1.82, 2.24) is 5.32 Å². The summed E-state index contributed by atoms with van der Waals surface area (Å²) in [5.74, 6) is 0.152. The molecule has 1 aromatic rings. The summed E-state index contributed by atoms with van der Waals surface area (Å²) in [6.07, 6.45) is 3.46. The number of hydrogen-bond donors (Lipinski definition) is 1. The zero-order valence-electron chi connectivity index (χ0n) is 15.6. The molecule has 1 aliphatic carbocycles. The fraction of sp³-hybridized carbons (Fsp3) is 0.579. The van der Waals surface area contributed by atoms with E-state index in [-0.39, 0.29) is 22.5 Å². The number of rotatable bonds is 6. The van der Waals surface area contributed by atoms with E-state index in [1.165, 1.54) is 32.8 Å². The molecule has 7 heteroatoms. The first kappa shape index (κ1) is 20.4. The zero-order chi connectivity index (χ0) is 19.3. The van der Waals surface area contributed by atoms with Gasteiger partial charge in [0.2, 0.25) is 0 Å². The van der Waals surface area contributed by atoms with E-state index in [0.29, 0.717) is 17.4 Å². The van der Waals surface area contributed by atoms with Crippen molar-refractivity contribution in [2.75, 3.05) is 14.2 Å². The number of esters is 1. The van der Waals surface area contributed by atoms with Gasteiger partial charge in [0.1, 0.15) is 0 Å². The van der Waals surface area contributed by atoms with Crippen molar-refractivity contribution in [1.29, 1.82) is 0 Å². The van der Waals surface area contributed by atoms with Gasteiger partial charge >= 0.3 is 5.97 Å². The minimum atomic E-state index is -0.900. The monoisotopic (exact) mass is 383 g/mol. The summed E-state index contributed by atoms with van der Waals surface area (Å²) in [7, 11) is 2.91. The lowest BCUT2D eigenvalue weighted by Gasteiger charge is -2.30. The molecule has 1 fully saturated rings. The first-order valence-electron chi connectivity index (χ1n) is 8.80. The number of hydrogen-bond acceptors (Lipinski definition) is 5. The van der Waals surface area contributed by atoms with Crippen LogP contribution in [0.1, 0.15) is 49.9 Å². The largest absolute Gasteiger partial charge is 0.493 e. The van der Waals surface area contributed by atoms with Crippen LogP contribution in [0.2, 0.25) is 5.02 Å². The average Bonchev–Trinajstić information content (AvgIpc) is 2.62. The molecule has 0 unspecified atom stereocenters. The molecular weight excluding hydrogens is 358 g/mol. The number of halogens is 1. The van der Waals surface area contributed by atoms with Crippen LogP contribution in [-0.2, 0) is 9.53 Å². The third kappa shape index (κ3) is 4.81. The number of amides is 1. The predicted molar refractivity (Wildman–Crippen MR) is 99.0 cm³/mol. The molecule has 3 atom stereocenters. The molecular formula is C19H26ClNO5. The van der Waals surface area contributed by atoms with Crippen LogP contribution in [0.15, 0.2) is 12.1 Å². The Bertz CT molecular complexity index is 664. The van der Waals surface area contributed by atoms with E-state index in [9.17, 15) is 9.59 Å². The summed E-state index contributed by atoms with van der Waals surface area (Å²) in [6.45, 7) is 3.69. The third-order valence-electron chi connectivity index (χ3n) is 4.76. The number of methoxy groups -OCH3 is 2. The first-order valence-corrected chi connectivity index (χ1v) is 9.18. The van der Waals surface area contributed by atoms with E-state index in [4.69, 9.17) is 25.8 Å². The van der Waals surface area contributed by atoms with Crippen LogP contribution < -0.4 is 14.8 Å². The smallest absolute Gasteiger partial charge is 0.339 e. The second kappa shape index (κ2) is 9.12. The summed E-state index contributed by atoms with van der Waals surface area (Å²) in [5.41, 5.74) is 0.193. The van der Waals surface area contributed by atoms with Crippen molar-refractivity contribution in [3.05, 3.63) is 22.7 Å². The highest BCUT2D eigenvalue weighted by Crippen LogP contribution is 2.36. The summed E-state index contributed by atoms with van der Waals surface area (Å²) in [6, 6.07) is 3.04. The SMILES string of the molecule is COc1cc(C(=O)O[C@H](C)C(=O)N[C@H]2CCCC[C@H]2C)cc(Cl)c1OC. The van der Waals surface area contributed by atoms with Gasteiger partial charge in [-0.15, -0.1) is 0 Å². The van der Waals surface area contributed by atoms with E-state index in [0.717, 1.165) is 19.3 Å². The van der Waals surface area contributed by atoms with Gasteiger partial charge in [-0.25, -0.2) is 4.79 Å². The molecule has 0 aliphatic heterocycles. The van der Waals surface area contributed by atoms with Crippen molar-refractivity contribution in [3.8, 4) is 11.5 Å². The Hall–Kier alpha value is -1.95. The van der Waals surface area contributed by atoms with Crippen LogP contribution in [0.3, 0.4) is 0 Å². The summed E-state index contributed by atoms with van der Waals surface area (Å²) in [4.78, 5) is 24.7. The highest BCUT2D eigenvalue weighted by molar-refractivity contribution is 6.32. The van der Waals surface area contributed by atoms with Crippen molar-refractivity contribution >= 4 is 23.5 Å². The molecule has 6 nitrogen and oxygen atoms in total. The van der Waals surface area contributed by atoms with Crippen LogP contribution >= 0.6 is 11.6 Å². The standard InChI is InChI=1S/C19H26ClNO5/c1-11-7-5-6-8-15(11)21-18(22)12(2)26-19(23)13-9-14(20)17(25-4)16(10-13)24-3/h9-12,15H,5-8H2,1-4H3,(H,21,22)/t11-,12-,15+/m1/s1. The van der Waals surface area contributed by atoms with E-state index in [1.54, 1.807) is 6.92 Å². The van der Waals surface area contributed by atoms with Crippen LogP contribution in [0.25, 0.3) is 0 Å².